The van der Waals surface area contributed by atoms with Gasteiger partial charge in [0.25, 0.3) is 0 Å². The number of anilines is 1. The van der Waals surface area contributed by atoms with E-state index in [4.69, 9.17) is 5.11 Å². The summed E-state index contributed by atoms with van der Waals surface area (Å²) in [7, 11) is 0. The van der Waals surface area contributed by atoms with Crippen LogP contribution in [0.4, 0.5) is 10.1 Å². The number of amides is 1. The molecular weight excluding hydrogens is 247 g/mol. The molecule has 0 radical (unpaired) electrons. The SMILES string of the molecule is CCCCN(CCO)CC(=O)Nc1cccc(F)c1. The van der Waals surface area contributed by atoms with Crippen molar-refractivity contribution in [2.24, 2.45) is 0 Å². The molecule has 0 aliphatic carbocycles. The summed E-state index contributed by atoms with van der Waals surface area (Å²) in [6, 6.07) is 5.80. The second kappa shape index (κ2) is 8.61. The molecule has 0 aliphatic heterocycles. The molecule has 0 atom stereocenters. The van der Waals surface area contributed by atoms with Crippen LogP contribution in [0.2, 0.25) is 0 Å². The molecule has 4 nitrogen and oxygen atoms in total. The minimum atomic E-state index is -0.379. The number of benzene rings is 1. The molecule has 1 rings (SSSR count). The predicted octanol–water partition coefficient (Wildman–Crippen LogP) is 1.86. The number of carbonyl (C=O) groups is 1. The third kappa shape index (κ3) is 6.31. The summed E-state index contributed by atoms with van der Waals surface area (Å²) in [6.45, 7) is 3.54. The lowest BCUT2D eigenvalue weighted by atomic mass is 10.3. The van der Waals surface area contributed by atoms with Gasteiger partial charge in [-0.25, -0.2) is 4.39 Å². The van der Waals surface area contributed by atoms with Crippen LogP contribution in [0.3, 0.4) is 0 Å². The first-order valence-electron chi connectivity index (χ1n) is 6.54. The molecule has 5 heteroatoms. The van der Waals surface area contributed by atoms with E-state index in [1.165, 1.54) is 12.1 Å². The normalized spacial score (nSPS) is 10.7. The Balaban J connectivity index is 2.47. The lowest BCUT2D eigenvalue weighted by Crippen LogP contribution is -2.35. The summed E-state index contributed by atoms with van der Waals surface area (Å²) in [4.78, 5) is 13.7. The monoisotopic (exact) mass is 268 g/mol. The maximum atomic E-state index is 13.0. The molecule has 0 saturated heterocycles. The highest BCUT2D eigenvalue weighted by atomic mass is 19.1. The number of hydrogen-bond acceptors (Lipinski definition) is 3. The highest BCUT2D eigenvalue weighted by molar-refractivity contribution is 5.92. The van der Waals surface area contributed by atoms with E-state index in [9.17, 15) is 9.18 Å². The van der Waals surface area contributed by atoms with E-state index in [0.717, 1.165) is 19.4 Å². The van der Waals surface area contributed by atoms with Gasteiger partial charge in [0, 0.05) is 12.2 Å². The zero-order valence-corrected chi connectivity index (χ0v) is 11.2. The number of aliphatic hydroxyl groups excluding tert-OH is 1. The lowest BCUT2D eigenvalue weighted by molar-refractivity contribution is -0.117. The topological polar surface area (TPSA) is 52.6 Å². The molecule has 0 unspecified atom stereocenters. The van der Waals surface area contributed by atoms with Crippen molar-refractivity contribution < 1.29 is 14.3 Å². The maximum absolute atomic E-state index is 13.0. The summed E-state index contributed by atoms with van der Waals surface area (Å²) in [5.41, 5.74) is 0.449. The average molecular weight is 268 g/mol. The van der Waals surface area contributed by atoms with Gasteiger partial charge in [0.2, 0.25) is 5.91 Å². The van der Waals surface area contributed by atoms with Crippen molar-refractivity contribution in [2.45, 2.75) is 19.8 Å². The zero-order chi connectivity index (χ0) is 14.1. The van der Waals surface area contributed by atoms with E-state index >= 15 is 0 Å². The zero-order valence-electron chi connectivity index (χ0n) is 11.2. The van der Waals surface area contributed by atoms with Gasteiger partial charge in [-0.05, 0) is 31.2 Å². The van der Waals surface area contributed by atoms with Gasteiger partial charge in [0.1, 0.15) is 5.82 Å². The number of nitrogens with one attached hydrogen (secondary N) is 1. The van der Waals surface area contributed by atoms with Gasteiger partial charge in [0.05, 0.1) is 13.2 Å². The Kier molecular flexibility index (Phi) is 7.07. The first kappa shape index (κ1) is 15.6. The summed E-state index contributed by atoms with van der Waals surface area (Å²) in [5.74, 6) is -0.578. The van der Waals surface area contributed by atoms with E-state index in [2.05, 4.69) is 12.2 Å². The Bertz CT molecular complexity index is 399. The van der Waals surface area contributed by atoms with Gasteiger partial charge in [0.15, 0.2) is 0 Å². The quantitative estimate of drug-likeness (QED) is 0.756. The first-order valence-corrected chi connectivity index (χ1v) is 6.54. The Morgan fingerprint density at radius 2 is 2.21 bits per heavy atom. The Hall–Kier alpha value is -1.46. The van der Waals surface area contributed by atoms with Crippen LogP contribution in [0, 0.1) is 5.82 Å². The van der Waals surface area contributed by atoms with E-state index in [0.29, 0.717) is 12.2 Å². The van der Waals surface area contributed by atoms with Crippen molar-refractivity contribution in [3.8, 4) is 0 Å². The highest BCUT2D eigenvalue weighted by Gasteiger charge is 2.10. The van der Waals surface area contributed by atoms with Crippen LogP contribution in [0.5, 0.6) is 0 Å². The summed E-state index contributed by atoms with van der Waals surface area (Å²) >= 11 is 0. The fraction of sp³-hybridized carbons (Fsp3) is 0.500. The first-order chi connectivity index (χ1) is 9.15. The number of aliphatic hydroxyl groups is 1. The van der Waals surface area contributed by atoms with Crippen LogP contribution >= 0.6 is 0 Å². The molecule has 0 aliphatic rings. The summed E-state index contributed by atoms with van der Waals surface area (Å²) in [6.07, 6.45) is 2.01. The van der Waals surface area contributed by atoms with E-state index < -0.39 is 0 Å². The minimum Gasteiger partial charge on any atom is -0.395 e. The number of halogens is 1. The van der Waals surface area contributed by atoms with Crippen LogP contribution < -0.4 is 5.32 Å². The largest absolute Gasteiger partial charge is 0.395 e. The van der Waals surface area contributed by atoms with Gasteiger partial charge >= 0.3 is 0 Å². The summed E-state index contributed by atoms with van der Waals surface area (Å²) < 4.78 is 13.0. The number of unbranched alkanes of at least 4 members (excludes halogenated alkanes) is 1. The third-order valence-electron chi connectivity index (χ3n) is 2.72. The van der Waals surface area contributed by atoms with Crippen molar-refractivity contribution >= 4 is 11.6 Å². The fourth-order valence-electron chi connectivity index (χ4n) is 1.76. The van der Waals surface area contributed by atoms with E-state index in [1.807, 2.05) is 4.90 Å². The molecule has 0 aromatic heterocycles. The molecule has 0 fully saturated rings. The van der Waals surface area contributed by atoms with Crippen molar-refractivity contribution in [3.63, 3.8) is 0 Å². The molecule has 1 aromatic rings. The smallest absolute Gasteiger partial charge is 0.238 e. The minimum absolute atomic E-state index is 0.0248. The van der Waals surface area contributed by atoms with Crippen molar-refractivity contribution in [1.29, 1.82) is 0 Å². The van der Waals surface area contributed by atoms with Crippen molar-refractivity contribution in [1.82, 2.24) is 4.90 Å². The van der Waals surface area contributed by atoms with Gasteiger partial charge in [-0.3, -0.25) is 9.69 Å². The van der Waals surface area contributed by atoms with Gasteiger partial charge in [-0.15, -0.1) is 0 Å². The van der Waals surface area contributed by atoms with Crippen LogP contribution in [0.1, 0.15) is 19.8 Å². The van der Waals surface area contributed by atoms with Crippen LogP contribution in [-0.4, -0.2) is 42.2 Å². The molecule has 0 spiro atoms. The van der Waals surface area contributed by atoms with E-state index in [1.54, 1.807) is 12.1 Å². The second-order valence-electron chi connectivity index (χ2n) is 4.41. The van der Waals surface area contributed by atoms with Gasteiger partial charge in [-0.2, -0.15) is 0 Å². The molecule has 2 N–H and O–H groups in total. The lowest BCUT2D eigenvalue weighted by Gasteiger charge is -2.20. The second-order valence-corrected chi connectivity index (χ2v) is 4.41. The van der Waals surface area contributed by atoms with Crippen molar-refractivity contribution in [2.75, 3.05) is 31.6 Å². The number of nitrogens with zero attached hydrogens (tertiary/aromatic N) is 1. The summed E-state index contributed by atoms with van der Waals surface area (Å²) in [5, 5.41) is 11.6. The Morgan fingerprint density at radius 1 is 1.42 bits per heavy atom. The molecule has 0 saturated carbocycles. The third-order valence-corrected chi connectivity index (χ3v) is 2.72. The fourth-order valence-corrected chi connectivity index (χ4v) is 1.76. The molecule has 1 amide bonds. The number of rotatable bonds is 8. The molecule has 106 valence electrons. The van der Waals surface area contributed by atoms with Gasteiger partial charge in [-0.1, -0.05) is 19.4 Å². The van der Waals surface area contributed by atoms with Gasteiger partial charge < -0.3 is 10.4 Å². The number of hydrogen-bond donors (Lipinski definition) is 2. The van der Waals surface area contributed by atoms with Crippen LogP contribution in [0.15, 0.2) is 24.3 Å². The molecule has 1 aromatic carbocycles. The van der Waals surface area contributed by atoms with Crippen LogP contribution in [-0.2, 0) is 4.79 Å². The average Bonchev–Trinajstić information content (AvgIpc) is 2.36. The molecule has 0 heterocycles. The number of carbonyl (C=O) groups excluding carboxylic acids is 1. The Morgan fingerprint density at radius 3 is 2.84 bits per heavy atom. The predicted molar refractivity (Wildman–Crippen MR) is 73.5 cm³/mol. The Labute approximate surface area is 113 Å². The van der Waals surface area contributed by atoms with Crippen molar-refractivity contribution in [3.05, 3.63) is 30.1 Å². The maximum Gasteiger partial charge on any atom is 0.238 e. The standard InChI is InChI=1S/C14H21FN2O2/c1-2-3-7-17(8-9-18)11-14(19)16-13-6-4-5-12(15)10-13/h4-6,10,18H,2-3,7-9,11H2,1H3,(H,16,19). The molecular formula is C14H21FN2O2. The molecule has 0 bridgehead atoms. The van der Waals surface area contributed by atoms with Crippen LogP contribution in [0.25, 0.3) is 0 Å². The highest BCUT2D eigenvalue weighted by Crippen LogP contribution is 2.09. The van der Waals surface area contributed by atoms with E-state index in [-0.39, 0.29) is 24.9 Å². The molecule has 19 heavy (non-hydrogen) atoms.